The number of aryl methyl sites for hydroxylation is 1. The lowest BCUT2D eigenvalue weighted by atomic mass is 10.1. The third kappa shape index (κ3) is 4.24. The van der Waals surface area contributed by atoms with Gasteiger partial charge >= 0.3 is 5.97 Å². The summed E-state index contributed by atoms with van der Waals surface area (Å²) < 4.78 is 16.9. The summed E-state index contributed by atoms with van der Waals surface area (Å²) in [6.45, 7) is 6.27. The van der Waals surface area contributed by atoms with Crippen LogP contribution in [0.4, 0.5) is 0 Å². The second-order valence-electron chi connectivity index (χ2n) is 8.30. The van der Waals surface area contributed by atoms with E-state index in [-0.39, 0.29) is 18.0 Å². The molecule has 1 aliphatic rings. The Labute approximate surface area is 186 Å². The van der Waals surface area contributed by atoms with Crippen LogP contribution in [0.25, 0.3) is 21.6 Å². The van der Waals surface area contributed by atoms with Crippen molar-refractivity contribution in [2.75, 3.05) is 14.2 Å². The SMILES string of the molecule is COC(=O)C1CCC(Oc2cc(-c3nc(C(C)C)cs3)nc3c(C)c(OC)ccc23)C1. The smallest absolute Gasteiger partial charge is 0.308 e. The Balaban J connectivity index is 1.75. The van der Waals surface area contributed by atoms with E-state index in [9.17, 15) is 4.79 Å². The summed E-state index contributed by atoms with van der Waals surface area (Å²) in [6.07, 6.45) is 2.23. The highest BCUT2D eigenvalue weighted by atomic mass is 32.1. The summed E-state index contributed by atoms with van der Waals surface area (Å²) >= 11 is 1.59. The molecule has 1 aliphatic carbocycles. The van der Waals surface area contributed by atoms with Crippen LogP contribution in [0.3, 0.4) is 0 Å². The summed E-state index contributed by atoms with van der Waals surface area (Å²) in [4.78, 5) is 21.6. The van der Waals surface area contributed by atoms with Crippen LogP contribution < -0.4 is 9.47 Å². The van der Waals surface area contributed by atoms with Crippen molar-refractivity contribution in [3.8, 4) is 22.2 Å². The maximum absolute atomic E-state index is 11.9. The molecule has 31 heavy (non-hydrogen) atoms. The Morgan fingerprint density at radius 3 is 2.65 bits per heavy atom. The minimum absolute atomic E-state index is 0.0347. The van der Waals surface area contributed by atoms with E-state index >= 15 is 0 Å². The van der Waals surface area contributed by atoms with Gasteiger partial charge in [0.05, 0.1) is 37.5 Å². The van der Waals surface area contributed by atoms with Crippen molar-refractivity contribution < 1.29 is 19.0 Å². The number of hydrogen-bond acceptors (Lipinski definition) is 7. The molecule has 2 aromatic heterocycles. The monoisotopic (exact) mass is 440 g/mol. The number of ether oxygens (including phenoxy) is 3. The number of hydrogen-bond donors (Lipinski definition) is 0. The summed E-state index contributed by atoms with van der Waals surface area (Å²) in [6, 6.07) is 5.90. The fourth-order valence-corrected chi connectivity index (χ4v) is 5.02. The van der Waals surface area contributed by atoms with Crippen molar-refractivity contribution in [1.29, 1.82) is 0 Å². The van der Waals surface area contributed by atoms with Crippen molar-refractivity contribution >= 4 is 28.2 Å². The van der Waals surface area contributed by atoms with Gasteiger partial charge in [0.1, 0.15) is 22.2 Å². The molecule has 0 bridgehead atoms. The predicted molar refractivity (Wildman–Crippen MR) is 122 cm³/mol. The van der Waals surface area contributed by atoms with Crippen molar-refractivity contribution in [3.05, 3.63) is 34.8 Å². The molecule has 4 rings (SSSR count). The molecule has 1 fully saturated rings. The quantitative estimate of drug-likeness (QED) is 0.470. The van der Waals surface area contributed by atoms with Crippen LogP contribution in [-0.2, 0) is 9.53 Å². The molecule has 0 radical (unpaired) electrons. The second kappa shape index (κ2) is 8.83. The number of rotatable bonds is 6. The molecule has 0 saturated heterocycles. The molecule has 3 aromatic rings. The van der Waals surface area contributed by atoms with Crippen molar-refractivity contribution in [2.24, 2.45) is 5.92 Å². The summed E-state index contributed by atoms with van der Waals surface area (Å²) in [7, 11) is 3.10. The zero-order valence-corrected chi connectivity index (χ0v) is 19.4. The normalized spacial score (nSPS) is 18.5. The largest absolute Gasteiger partial charge is 0.496 e. The maximum atomic E-state index is 11.9. The van der Waals surface area contributed by atoms with Crippen LogP contribution in [0.5, 0.6) is 11.5 Å². The van der Waals surface area contributed by atoms with E-state index in [1.54, 1.807) is 18.4 Å². The van der Waals surface area contributed by atoms with E-state index in [1.165, 1.54) is 7.11 Å². The van der Waals surface area contributed by atoms with E-state index < -0.39 is 0 Å². The number of methoxy groups -OCH3 is 2. The van der Waals surface area contributed by atoms with Gasteiger partial charge < -0.3 is 14.2 Å². The Kier molecular flexibility index (Phi) is 6.14. The molecule has 0 aliphatic heterocycles. The first kappa shape index (κ1) is 21.6. The molecule has 1 saturated carbocycles. The average Bonchev–Trinajstić information content (AvgIpc) is 3.44. The summed E-state index contributed by atoms with van der Waals surface area (Å²) in [5, 5.41) is 3.89. The maximum Gasteiger partial charge on any atom is 0.308 e. The minimum Gasteiger partial charge on any atom is -0.496 e. The number of carbonyl (C=O) groups excluding carboxylic acids is 1. The number of benzene rings is 1. The van der Waals surface area contributed by atoms with E-state index in [4.69, 9.17) is 24.2 Å². The number of nitrogens with zero attached hydrogens (tertiary/aromatic N) is 2. The highest BCUT2D eigenvalue weighted by molar-refractivity contribution is 7.13. The predicted octanol–water partition coefficient (Wildman–Crippen LogP) is 5.52. The molecule has 2 unspecified atom stereocenters. The summed E-state index contributed by atoms with van der Waals surface area (Å²) in [5.74, 6) is 1.66. The molecule has 0 N–H and O–H groups in total. The number of esters is 1. The first-order chi connectivity index (χ1) is 14.9. The van der Waals surface area contributed by atoms with Gasteiger partial charge in [-0.25, -0.2) is 9.97 Å². The molecular weight excluding hydrogens is 412 g/mol. The van der Waals surface area contributed by atoms with E-state index in [0.29, 0.717) is 12.3 Å². The third-order valence-corrected chi connectivity index (χ3v) is 6.80. The highest BCUT2D eigenvalue weighted by Crippen LogP contribution is 2.38. The van der Waals surface area contributed by atoms with Gasteiger partial charge in [-0.3, -0.25) is 4.79 Å². The van der Waals surface area contributed by atoms with Gasteiger partial charge in [-0.2, -0.15) is 0 Å². The minimum atomic E-state index is -0.157. The van der Waals surface area contributed by atoms with Gasteiger partial charge in [0.25, 0.3) is 0 Å². The molecule has 2 atom stereocenters. The topological polar surface area (TPSA) is 70.5 Å². The van der Waals surface area contributed by atoms with Crippen molar-refractivity contribution in [2.45, 2.75) is 52.1 Å². The van der Waals surface area contributed by atoms with E-state index in [0.717, 1.165) is 57.2 Å². The van der Waals surface area contributed by atoms with Gasteiger partial charge in [-0.05, 0) is 44.2 Å². The van der Waals surface area contributed by atoms with Gasteiger partial charge in [0.2, 0.25) is 0 Å². The fraction of sp³-hybridized carbons (Fsp3) is 0.458. The lowest BCUT2D eigenvalue weighted by Gasteiger charge is -2.18. The number of pyridine rings is 1. The van der Waals surface area contributed by atoms with Crippen molar-refractivity contribution in [1.82, 2.24) is 9.97 Å². The molecule has 2 heterocycles. The van der Waals surface area contributed by atoms with Gasteiger partial charge in [0.15, 0.2) is 0 Å². The van der Waals surface area contributed by atoms with Crippen LogP contribution >= 0.6 is 11.3 Å². The van der Waals surface area contributed by atoms with Gasteiger partial charge in [-0.1, -0.05) is 13.8 Å². The Hall–Kier alpha value is -2.67. The highest BCUT2D eigenvalue weighted by Gasteiger charge is 2.32. The zero-order chi connectivity index (χ0) is 22.1. The molecule has 164 valence electrons. The average molecular weight is 441 g/mol. The first-order valence-corrected chi connectivity index (χ1v) is 11.5. The number of aromatic nitrogens is 2. The fourth-order valence-electron chi connectivity index (χ4n) is 4.08. The van der Waals surface area contributed by atoms with Crippen LogP contribution in [0.15, 0.2) is 23.6 Å². The Bertz CT molecular complexity index is 1110. The molecule has 6 nitrogen and oxygen atoms in total. The van der Waals surface area contributed by atoms with Crippen LogP contribution in [0.2, 0.25) is 0 Å². The van der Waals surface area contributed by atoms with Crippen LogP contribution in [0, 0.1) is 12.8 Å². The molecule has 1 aromatic carbocycles. The standard InChI is InChI=1S/C24H28N2O4S/c1-13(2)19-12-31-23(26-19)18-11-21(30-16-7-6-15(10-16)24(27)29-5)17-8-9-20(28-4)14(3)22(17)25-18/h8-9,11-13,15-16H,6-7,10H2,1-5H3. The van der Waals surface area contributed by atoms with Gasteiger partial charge in [-0.15, -0.1) is 11.3 Å². The number of fused-ring (bicyclic) bond motifs is 1. The van der Waals surface area contributed by atoms with Crippen LogP contribution in [0.1, 0.15) is 50.3 Å². The van der Waals surface area contributed by atoms with Crippen LogP contribution in [-0.4, -0.2) is 36.3 Å². The van der Waals surface area contributed by atoms with E-state index in [2.05, 4.69) is 19.2 Å². The molecule has 0 spiro atoms. The molecular formula is C24H28N2O4S. The lowest BCUT2D eigenvalue weighted by molar-refractivity contribution is -0.145. The second-order valence-corrected chi connectivity index (χ2v) is 9.16. The Morgan fingerprint density at radius 1 is 1.16 bits per heavy atom. The molecule has 7 heteroatoms. The lowest BCUT2D eigenvalue weighted by Crippen LogP contribution is -2.17. The number of thiazole rings is 1. The zero-order valence-electron chi connectivity index (χ0n) is 18.6. The molecule has 0 amide bonds. The summed E-state index contributed by atoms with van der Waals surface area (Å²) in [5.41, 5.74) is 3.66. The number of carbonyl (C=O) groups is 1. The third-order valence-electron chi connectivity index (χ3n) is 5.91. The van der Waals surface area contributed by atoms with Crippen molar-refractivity contribution in [3.63, 3.8) is 0 Å². The van der Waals surface area contributed by atoms with E-state index in [1.807, 2.05) is 25.1 Å². The van der Waals surface area contributed by atoms with Gasteiger partial charge in [0, 0.05) is 22.4 Å². The first-order valence-electron chi connectivity index (χ1n) is 10.6. The Morgan fingerprint density at radius 2 is 1.97 bits per heavy atom.